The maximum absolute atomic E-state index is 13.3. The highest BCUT2D eigenvalue weighted by Gasteiger charge is 2.27. The smallest absolute Gasteiger partial charge is 0.330 e. The molecular formula is C27H28N2O4S2. The molecule has 1 amide bonds. The first-order chi connectivity index (χ1) is 16.9. The van der Waals surface area contributed by atoms with E-state index in [0.29, 0.717) is 29.2 Å². The van der Waals surface area contributed by atoms with E-state index in [1.54, 1.807) is 28.7 Å². The maximum atomic E-state index is 13.3. The van der Waals surface area contributed by atoms with Crippen molar-refractivity contribution < 1.29 is 19.4 Å². The molecule has 35 heavy (non-hydrogen) atoms. The van der Waals surface area contributed by atoms with Gasteiger partial charge in [-0.25, -0.2) is 9.78 Å². The number of hydrogen-bond acceptors (Lipinski definition) is 6. The van der Waals surface area contributed by atoms with Gasteiger partial charge in [0.05, 0.1) is 15.8 Å². The van der Waals surface area contributed by atoms with Gasteiger partial charge >= 0.3 is 5.97 Å². The minimum absolute atomic E-state index is 0.207. The number of rotatable bonds is 11. The fourth-order valence-corrected chi connectivity index (χ4v) is 5.75. The fourth-order valence-electron chi connectivity index (χ4n) is 4.08. The van der Waals surface area contributed by atoms with Crippen molar-refractivity contribution in [2.75, 3.05) is 0 Å². The number of carboxylic acids is 1. The Morgan fingerprint density at radius 2 is 1.89 bits per heavy atom. The molecule has 6 nitrogen and oxygen atoms in total. The summed E-state index contributed by atoms with van der Waals surface area (Å²) in [5, 5.41) is 16.0. The molecule has 2 aromatic heterocycles. The summed E-state index contributed by atoms with van der Waals surface area (Å²) in [5.74, 6) is -0.871. The number of ether oxygens (including phenoxy) is 1. The van der Waals surface area contributed by atoms with Gasteiger partial charge in [-0.2, -0.15) is 0 Å². The first-order valence-corrected chi connectivity index (χ1v) is 13.3. The summed E-state index contributed by atoms with van der Waals surface area (Å²) in [7, 11) is 0. The van der Waals surface area contributed by atoms with Crippen molar-refractivity contribution in [2.45, 2.75) is 45.8 Å². The SMILES string of the molecule is C=C(CC(CC)CC)[C@H](NC(=O)c1ccc2sccc2c1OCc1nc2ccccc2s1)C(=O)O. The summed E-state index contributed by atoms with van der Waals surface area (Å²) in [4.78, 5) is 29.9. The van der Waals surface area contributed by atoms with Crippen LogP contribution in [0.2, 0.25) is 0 Å². The van der Waals surface area contributed by atoms with Crippen LogP contribution < -0.4 is 10.1 Å². The number of thiazole rings is 1. The third-order valence-corrected chi connectivity index (χ3v) is 8.04. The van der Waals surface area contributed by atoms with Crippen LogP contribution in [0.4, 0.5) is 0 Å². The van der Waals surface area contributed by atoms with Crippen molar-refractivity contribution in [1.82, 2.24) is 10.3 Å². The van der Waals surface area contributed by atoms with Gasteiger partial charge in [0.2, 0.25) is 0 Å². The fraction of sp³-hybridized carbons (Fsp3) is 0.296. The van der Waals surface area contributed by atoms with Crippen LogP contribution in [0, 0.1) is 5.92 Å². The topological polar surface area (TPSA) is 88.5 Å². The number of nitrogens with one attached hydrogen (secondary N) is 1. The second-order valence-corrected chi connectivity index (χ2v) is 10.5. The molecule has 0 bridgehead atoms. The van der Waals surface area contributed by atoms with E-state index in [-0.39, 0.29) is 6.61 Å². The number of aliphatic carboxylic acids is 1. The number of nitrogens with zero attached hydrogens (tertiary/aromatic N) is 1. The summed E-state index contributed by atoms with van der Waals surface area (Å²) in [6.07, 6.45) is 2.40. The van der Waals surface area contributed by atoms with Crippen molar-refractivity contribution in [1.29, 1.82) is 0 Å². The Morgan fingerprint density at radius 1 is 1.11 bits per heavy atom. The quantitative estimate of drug-likeness (QED) is 0.221. The molecule has 0 saturated heterocycles. The first-order valence-electron chi connectivity index (χ1n) is 11.6. The summed E-state index contributed by atoms with van der Waals surface area (Å²) >= 11 is 3.09. The molecule has 0 aliphatic rings. The van der Waals surface area contributed by atoms with Gasteiger partial charge in [-0.15, -0.1) is 22.7 Å². The molecule has 0 saturated carbocycles. The Balaban J connectivity index is 1.59. The van der Waals surface area contributed by atoms with Crippen molar-refractivity contribution >= 4 is 54.9 Å². The third kappa shape index (κ3) is 5.55. The van der Waals surface area contributed by atoms with E-state index in [9.17, 15) is 14.7 Å². The Bertz CT molecular complexity index is 1340. The summed E-state index contributed by atoms with van der Waals surface area (Å²) in [6.45, 7) is 8.33. The Labute approximate surface area is 212 Å². The van der Waals surface area contributed by atoms with E-state index < -0.39 is 17.9 Å². The minimum Gasteiger partial charge on any atom is -0.485 e. The molecule has 4 aromatic rings. The standard InChI is InChI=1S/C27H28N2O4S2/c1-4-17(5-2)14-16(3)24(27(31)32)29-26(30)19-10-11-21-18(12-13-34-21)25(19)33-15-23-28-20-8-6-7-9-22(20)35-23/h6-13,17,24H,3-5,14-15H2,1-2H3,(H,29,30)(H,31,32)/t24-/m0/s1. The lowest BCUT2D eigenvalue weighted by Crippen LogP contribution is -2.42. The lowest BCUT2D eigenvalue weighted by atomic mass is 9.91. The lowest BCUT2D eigenvalue weighted by Gasteiger charge is -2.21. The highest BCUT2D eigenvalue weighted by Crippen LogP contribution is 2.35. The highest BCUT2D eigenvalue weighted by atomic mass is 32.1. The number of fused-ring (bicyclic) bond motifs is 2. The molecule has 2 heterocycles. The van der Waals surface area contributed by atoms with E-state index in [1.165, 1.54) is 0 Å². The van der Waals surface area contributed by atoms with E-state index in [4.69, 9.17) is 4.74 Å². The van der Waals surface area contributed by atoms with Crippen LogP contribution in [0.25, 0.3) is 20.3 Å². The number of carboxylic acid groups (broad SMARTS) is 1. The molecule has 0 aliphatic carbocycles. The molecular weight excluding hydrogens is 480 g/mol. The average molecular weight is 509 g/mol. The number of hydrogen-bond donors (Lipinski definition) is 2. The lowest BCUT2D eigenvalue weighted by molar-refractivity contribution is -0.138. The molecule has 0 unspecified atom stereocenters. The number of amides is 1. The predicted molar refractivity (Wildman–Crippen MR) is 142 cm³/mol. The van der Waals surface area contributed by atoms with E-state index in [2.05, 4.69) is 30.7 Å². The van der Waals surface area contributed by atoms with Gasteiger partial charge in [-0.1, -0.05) is 45.4 Å². The molecule has 0 aliphatic heterocycles. The first kappa shape index (κ1) is 24.9. The number of aromatic nitrogens is 1. The van der Waals surface area contributed by atoms with Crippen molar-refractivity contribution in [2.24, 2.45) is 5.92 Å². The highest BCUT2D eigenvalue weighted by molar-refractivity contribution is 7.18. The van der Waals surface area contributed by atoms with Gasteiger partial charge in [-0.3, -0.25) is 4.79 Å². The number of benzene rings is 2. The van der Waals surface area contributed by atoms with Crippen LogP contribution in [0.1, 0.15) is 48.5 Å². The van der Waals surface area contributed by atoms with Crippen LogP contribution >= 0.6 is 22.7 Å². The van der Waals surface area contributed by atoms with Crippen LogP contribution in [0.15, 0.2) is 60.0 Å². The van der Waals surface area contributed by atoms with Gasteiger partial charge in [0.1, 0.15) is 23.4 Å². The molecule has 2 aromatic carbocycles. The Hall–Kier alpha value is -3.23. The van der Waals surface area contributed by atoms with E-state index >= 15 is 0 Å². The normalized spacial score (nSPS) is 12.2. The number of thiophene rings is 1. The van der Waals surface area contributed by atoms with Crippen molar-refractivity contribution in [3.63, 3.8) is 0 Å². The molecule has 0 radical (unpaired) electrons. The van der Waals surface area contributed by atoms with Crippen LogP contribution in [-0.4, -0.2) is 28.0 Å². The molecule has 1 atom stereocenters. The zero-order valence-electron chi connectivity index (χ0n) is 19.7. The van der Waals surface area contributed by atoms with Gasteiger partial charge in [0, 0.05) is 10.1 Å². The van der Waals surface area contributed by atoms with Crippen molar-refractivity contribution in [3.8, 4) is 5.75 Å². The summed E-state index contributed by atoms with van der Waals surface area (Å²) < 4.78 is 8.22. The number of carbonyl (C=O) groups is 2. The molecule has 0 spiro atoms. The Morgan fingerprint density at radius 3 is 2.60 bits per heavy atom. The summed E-state index contributed by atoms with van der Waals surface area (Å²) in [5.41, 5.74) is 1.69. The van der Waals surface area contributed by atoms with Crippen molar-refractivity contribution in [3.05, 3.63) is 70.6 Å². The third-order valence-electron chi connectivity index (χ3n) is 6.14. The molecule has 8 heteroatoms. The van der Waals surface area contributed by atoms with Gasteiger partial charge < -0.3 is 15.2 Å². The maximum Gasteiger partial charge on any atom is 0.330 e. The number of carbonyl (C=O) groups excluding carboxylic acids is 1. The second kappa shape index (κ2) is 11.0. The van der Waals surface area contributed by atoms with Gasteiger partial charge in [0.15, 0.2) is 0 Å². The monoisotopic (exact) mass is 508 g/mol. The minimum atomic E-state index is -1.17. The molecule has 182 valence electrons. The zero-order valence-corrected chi connectivity index (χ0v) is 21.4. The number of para-hydroxylation sites is 1. The van der Waals surface area contributed by atoms with Crippen LogP contribution in [0.3, 0.4) is 0 Å². The largest absolute Gasteiger partial charge is 0.485 e. The van der Waals surface area contributed by atoms with E-state index in [1.807, 2.05) is 41.8 Å². The average Bonchev–Trinajstić information content (AvgIpc) is 3.50. The van der Waals surface area contributed by atoms with Gasteiger partial charge in [0.25, 0.3) is 5.91 Å². The Kier molecular flexibility index (Phi) is 7.83. The molecule has 4 rings (SSSR count). The van der Waals surface area contributed by atoms with Crippen LogP contribution in [-0.2, 0) is 11.4 Å². The summed E-state index contributed by atoms with van der Waals surface area (Å²) in [6, 6.07) is 12.2. The van der Waals surface area contributed by atoms with Crippen LogP contribution in [0.5, 0.6) is 5.75 Å². The molecule has 0 fully saturated rings. The molecule has 2 N–H and O–H groups in total. The predicted octanol–water partition coefficient (Wildman–Crippen LogP) is 6.66. The zero-order chi connectivity index (χ0) is 24.9. The van der Waals surface area contributed by atoms with Gasteiger partial charge in [-0.05, 0) is 53.6 Å². The van der Waals surface area contributed by atoms with E-state index in [0.717, 1.165) is 38.2 Å². The second-order valence-electron chi connectivity index (χ2n) is 8.43.